The van der Waals surface area contributed by atoms with Crippen LogP contribution in [0.5, 0.6) is 11.5 Å². The van der Waals surface area contributed by atoms with Crippen molar-refractivity contribution >= 4 is 0 Å². The lowest BCUT2D eigenvalue weighted by Crippen LogP contribution is -2.33. The van der Waals surface area contributed by atoms with E-state index in [2.05, 4.69) is 12.2 Å². The van der Waals surface area contributed by atoms with Crippen LogP contribution in [0.4, 0.5) is 0 Å². The Bertz CT molecular complexity index is 381. The van der Waals surface area contributed by atoms with E-state index in [1.165, 1.54) is 0 Å². The number of nitrogens with one attached hydrogen (secondary N) is 1. The van der Waals surface area contributed by atoms with Gasteiger partial charge < -0.3 is 15.5 Å². The second-order valence-electron chi connectivity index (χ2n) is 4.52. The van der Waals surface area contributed by atoms with Gasteiger partial charge in [0.2, 0.25) is 0 Å². The maximum atomic E-state index is 9.89. The smallest absolute Gasteiger partial charge is 0.121 e. The molecule has 82 valence electrons. The Morgan fingerprint density at radius 1 is 1.27 bits per heavy atom. The molecule has 3 nitrogen and oxygen atoms in total. The first-order valence-electron chi connectivity index (χ1n) is 5.31. The van der Waals surface area contributed by atoms with Crippen LogP contribution in [0.15, 0.2) is 12.1 Å². The van der Waals surface area contributed by atoms with Crippen LogP contribution in [0, 0.1) is 6.92 Å². The third kappa shape index (κ3) is 1.67. The first-order chi connectivity index (χ1) is 7.03. The van der Waals surface area contributed by atoms with E-state index in [9.17, 15) is 10.2 Å². The van der Waals surface area contributed by atoms with Crippen LogP contribution >= 0.6 is 0 Å². The van der Waals surface area contributed by atoms with Crippen LogP contribution < -0.4 is 5.32 Å². The summed E-state index contributed by atoms with van der Waals surface area (Å²) in [5.41, 5.74) is 1.30. The molecule has 0 saturated carbocycles. The molecule has 0 aliphatic carbocycles. The summed E-state index contributed by atoms with van der Waals surface area (Å²) in [5.74, 6) is 0.514. The first kappa shape index (κ1) is 10.3. The molecule has 0 radical (unpaired) electrons. The van der Waals surface area contributed by atoms with Crippen LogP contribution in [-0.4, -0.2) is 16.8 Å². The molecule has 15 heavy (non-hydrogen) atoms. The predicted octanol–water partition coefficient (Wildman–Crippen LogP) is 2.00. The summed E-state index contributed by atoms with van der Waals surface area (Å²) in [4.78, 5) is 0. The number of phenolic OH excluding ortho intramolecular Hbond substituents is 2. The van der Waals surface area contributed by atoms with Crippen molar-refractivity contribution in [3.8, 4) is 11.5 Å². The van der Waals surface area contributed by atoms with Crippen molar-refractivity contribution < 1.29 is 10.2 Å². The van der Waals surface area contributed by atoms with Gasteiger partial charge in [0.05, 0.1) is 0 Å². The van der Waals surface area contributed by atoms with E-state index in [0.717, 1.165) is 24.9 Å². The topological polar surface area (TPSA) is 52.5 Å². The van der Waals surface area contributed by atoms with Gasteiger partial charge in [0.15, 0.2) is 0 Å². The van der Waals surface area contributed by atoms with Gasteiger partial charge in [0.1, 0.15) is 11.5 Å². The predicted molar refractivity (Wildman–Crippen MR) is 59.1 cm³/mol. The number of aromatic hydroxyl groups is 2. The molecule has 0 amide bonds. The van der Waals surface area contributed by atoms with Gasteiger partial charge in [-0.1, -0.05) is 0 Å². The highest BCUT2D eigenvalue weighted by Crippen LogP contribution is 2.38. The van der Waals surface area contributed by atoms with Crippen molar-refractivity contribution in [2.24, 2.45) is 0 Å². The fourth-order valence-electron chi connectivity index (χ4n) is 2.25. The zero-order valence-corrected chi connectivity index (χ0v) is 9.17. The Morgan fingerprint density at radius 3 is 2.60 bits per heavy atom. The van der Waals surface area contributed by atoms with E-state index in [1.807, 2.05) is 0 Å². The van der Waals surface area contributed by atoms with Crippen molar-refractivity contribution in [3.63, 3.8) is 0 Å². The Balaban J connectivity index is 2.48. The highest BCUT2D eigenvalue weighted by atomic mass is 16.3. The molecular formula is C12H17NO2. The van der Waals surface area contributed by atoms with Crippen LogP contribution in [0.1, 0.15) is 30.9 Å². The Labute approximate surface area is 89.8 Å². The fourth-order valence-corrected chi connectivity index (χ4v) is 2.25. The Kier molecular flexibility index (Phi) is 2.35. The van der Waals surface area contributed by atoms with Crippen LogP contribution in [0.2, 0.25) is 0 Å². The molecule has 3 heteroatoms. The van der Waals surface area contributed by atoms with Crippen molar-refractivity contribution in [1.29, 1.82) is 0 Å². The number of phenols is 2. The summed E-state index contributed by atoms with van der Waals surface area (Å²) in [6, 6.07) is 3.29. The summed E-state index contributed by atoms with van der Waals surface area (Å²) >= 11 is 0. The van der Waals surface area contributed by atoms with E-state index in [4.69, 9.17) is 0 Å². The van der Waals surface area contributed by atoms with Gasteiger partial charge in [0, 0.05) is 11.1 Å². The molecule has 1 fully saturated rings. The lowest BCUT2D eigenvalue weighted by atomic mass is 9.89. The van der Waals surface area contributed by atoms with Gasteiger partial charge in [-0.05, 0) is 50.9 Å². The fraction of sp³-hybridized carbons (Fsp3) is 0.500. The molecule has 1 aliphatic heterocycles. The quantitative estimate of drug-likeness (QED) is 0.617. The minimum Gasteiger partial charge on any atom is -0.508 e. The van der Waals surface area contributed by atoms with Crippen LogP contribution in [0.3, 0.4) is 0 Å². The van der Waals surface area contributed by atoms with Gasteiger partial charge in [-0.25, -0.2) is 0 Å². The molecule has 1 saturated heterocycles. The molecule has 1 aromatic rings. The van der Waals surface area contributed by atoms with Crippen molar-refractivity contribution in [2.75, 3.05) is 6.54 Å². The summed E-state index contributed by atoms with van der Waals surface area (Å²) < 4.78 is 0. The van der Waals surface area contributed by atoms with Gasteiger partial charge in [-0.2, -0.15) is 0 Å². The second-order valence-corrected chi connectivity index (χ2v) is 4.52. The number of aryl methyl sites for hydroxylation is 1. The molecule has 0 aromatic heterocycles. The molecule has 3 N–H and O–H groups in total. The van der Waals surface area contributed by atoms with Crippen LogP contribution in [0.25, 0.3) is 0 Å². The van der Waals surface area contributed by atoms with E-state index < -0.39 is 0 Å². The monoisotopic (exact) mass is 207 g/mol. The molecule has 0 bridgehead atoms. The van der Waals surface area contributed by atoms with E-state index in [1.54, 1.807) is 19.1 Å². The normalized spacial score (nSPS) is 25.7. The minimum absolute atomic E-state index is 0.199. The molecule has 0 spiro atoms. The lowest BCUT2D eigenvalue weighted by molar-refractivity contribution is 0.388. The third-order valence-corrected chi connectivity index (χ3v) is 3.28. The van der Waals surface area contributed by atoms with E-state index >= 15 is 0 Å². The summed E-state index contributed by atoms with van der Waals surface area (Å²) in [5, 5.41) is 22.9. The largest absolute Gasteiger partial charge is 0.508 e. The van der Waals surface area contributed by atoms with E-state index in [0.29, 0.717) is 5.56 Å². The average Bonchev–Trinajstić information content (AvgIpc) is 2.60. The Morgan fingerprint density at radius 2 is 2.00 bits per heavy atom. The number of hydrogen-bond acceptors (Lipinski definition) is 3. The summed E-state index contributed by atoms with van der Waals surface area (Å²) in [6.07, 6.45) is 2.09. The molecular weight excluding hydrogens is 190 g/mol. The summed E-state index contributed by atoms with van der Waals surface area (Å²) in [6.45, 7) is 4.80. The van der Waals surface area contributed by atoms with Crippen LogP contribution in [-0.2, 0) is 5.54 Å². The second kappa shape index (κ2) is 3.42. The zero-order valence-electron chi connectivity index (χ0n) is 9.17. The van der Waals surface area contributed by atoms with Gasteiger partial charge in [0.25, 0.3) is 0 Å². The maximum Gasteiger partial charge on any atom is 0.121 e. The number of hydrogen-bond donors (Lipinski definition) is 3. The zero-order chi connectivity index (χ0) is 11.1. The standard InChI is InChI=1S/C12H17NO2/c1-8-6-11(15)9(7-10(8)14)12(2)4-3-5-13-12/h6-7,13-15H,3-5H2,1-2H3. The van der Waals surface area contributed by atoms with Gasteiger partial charge in [-0.3, -0.25) is 0 Å². The summed E-state index contributed by atoms with van der Waals surface area (Å²) in [7, 11) is 0. The number of benzene rings is 1. The molecule has 1 aliphatic rings. The van der Waals surface area contributed by atoms with E-state index in [-0.39, 0.29) is 17.0 Å². The minimum atomic E-state index is -0.199. The molecule has 1 unspecified atom stereocenters. The highest BCUT2D eigenvalue weighted by Gasteiger charge is 2.32. The first-order valence-corrected chi connectivity index (χ1v) is 5.31. The highest BCUT2D eigenvalue weighted by molar-refractivity contribution is 5.47. The van der Waals surface area contributed by atoms with Gasteiger partial charge >= 0.3 is 0 Å². The third-order valence-electron chi connectivity index (χ3n) is 3.28. The molecule has 1 heterocycles. The molecule has 1 atom stereocenters. The van der Waals surface area contributed by atoms with Crippen molar-refractivity contribution in [2.45, 2.75) is 32.2 Å². The van der Waals surface area contributed by atoms with Crippen molar-refractivity contribution in [3.05, 3.63) is 23.3 Å². The molecule has 1 aromatic carbocycles. The van der Waals surface area contributed by atoms with Gasteiger partial charge in [-0.15, -0.1) is 0 Å². The maximum absolute atomic E-state index is 9.89. The SMILES string of the molecule is Cc1cc(O)c(C2(C)CCCN2)cc1O. The molecule has 2 rings (SSSR count). The Hall–Kier alpha value is -1.22. The number of rotatable bonds is 1. The lowest BCUT2D eigenvalue weighted by Gasteiger charge is -2.26. The average molecular weight is 207 g/mol. The van der Waals surface area contributed by atoms with Crippen molar-refractivity contribution in [1.82, 2.24) is 5.32 Å².